The number of aryl methyl sites for hydroxylation is 1. The molecule has 1 aliphatic carbocycles. The lowest BCUT2D eigenvalue weighted by atomic mass is 9.83. The molecular weight excluding hydrogens is 230 g/mol. The van der Waals surface area contributed by atoms with Gasteiger partial charge in [-0.1, -0.05) is 57.4 Å². The first-order chi connectivity index (χ1) is 9.11. The summed E-state index contributed by atoms with van der Waals surface area (Å²) in [5, 5.41) is 0. The van der Waals surface area contributed by atoms with Crippen LogP contribution in [0.5, 0.6) is 0 Å². The molecule has 1 aliphatic rings. The van der Waals surface area contributed by atoms with Crippen molar-refractivity contribution in [2.75, 3.05) is 6.54 Å². The van der Waals surface area contributed by atoms with Gasteiger partial charge in [-0.25, -0.2) is 0 Å². The molecule has 1 aromatic carbocycles. The van der Waals surface area contributed by atoms with Crippen LogP contribution in [0.25, 0.3) is 0 Å². The predicted molar refractivity (Wildman–Crippen MR) is 83.4 cm³/mol. The quantitative estimate of drug-likeness (QED) is 0.818. The third-order valence-corrected chi connectivity index (χ3v) is 4.70. The average Bonchev–Trinajstić information content (AvgIpc) is 2.47. The molecule has 2 rings (SSSR count). The minimum absolute atomic E-state index is 0.266. The maximum atomic E-state index is 5.79. The third kappa shape index (κ3) is 4.35. The molecule has 1 heteroatoms. The summed E-state index contributed by atoms with van der Waals surface area (Å²) in [7, 11) is 0. The van der Waals surface area contributed by atoms with Crippen molar-refractivity contribution < 1.29 is 0 Å². The molecule has 0 unspecified atom stereocenters. The highest BCUT2D eigenvalue weighted by Crippen LogP contribution is 2.32. The largest absolute Gasteiger partial charge is 0.330 e. The van der Waals surface area contributed by atoms with Gasteiger partial charge in [-0.2, -0.15) is 0 Å². The van der Waals surface area contributed by atoms with Crippen LogP contribution >= 0.6 is 0 Å². The van der Waals surface area contributed by atoms with Crippen molar-refractivity contribution in [3.8, 4) is 0 Å². The Morgan fingerprint density at radius 1 is 1.05 bits per heavy atom. The molecule has 2 N–H and O–H groups in total. The van der Waals surface area contributed by atoms with E-state index in [2.05, 4.69) is 38.1 Å². The second kappa shape index (κ2) is 6.56. The molecule has 0 amide bonds. The van der Waals surface area contributed by atoms with E-state index in [1.54, 1.807) is 5.56 Å². The third-order valence-electron chi connectivity index (χ3n) is 4.70. The van der Waals surface area contributed by atoms with Crippen LogP contribution in [0.15, 0.2) is 24.3 Å². The Bertz CT molecular complexity index is 371. The van der Waals surface area contributed by atoms with Crippen LogP contribution in [0.3, 0.4) is 0 Å². The van der Waals surface area contributed by atoms with Crippen molar-refractivity contribution in [1.29, 1.82) is 0 Å². The van der Waals surface area contributed by atoms with Crippen LogP contribution < -0.4 is 5.73 Å². The van der Waals surface area contributed by atoms with Crippen molar-refractivity contribution >= 4 is 0 Å². The van der Waals surface area contributed by atoms with Gasteiger partial charge in [-0.15, -0.1) is 0 Å². The van der Waals surface area contributed by atoms with Crippen molar-refractivity contribution in [3.05, 3.63) is 35.4 Å². The van der Waals surface area contributed by atoms with Gasteiger partial charge >= 0.3 is 0 Å². The second-order valence-electron chi connectivity index (χ2n) is 6.94. The summed E-state index contributed by atoms with van der Waals surface area (Å²) in [5.74, 6) is 0.822. The minimum Gasteiger partial charge on any atom is -0.330 e. The van der Waals surface area contributed by atoms with Crippen LogP contribution in [0.4, 0.5) is 0 Å². The summed E-state index contributed by atoms with van der Waals surface area (Å²) in [6, 6.07) is 9.38. The maximum absolute atomic E-state index is 5.79. The lowest BCUT2D eigenvalue weighted by Gasteiger charge is -2.23. The Kier molecular flexibility index (Phi) is 5.04. The van der Waals surface area contributed by atoms with Gasteiger partial charge in [0, 0.05) is 0 Å². The number of benzene rings is 1. The van der Waals surface area contributed by atoms with E-state index in [-0.39, 0.29) is 5.41 Å². The lowest BCUT2D eigenvalue weighted by molar-refractivity contribution is 0.348. The van der Waals surface area contributed by atoms with Gasteiger partial charge in [0.25, 0.3) is 0 Å². The van der Waals surface area contributed by atoms with E-state index in [1.807, 2.05) is 0 Å². The first-order valence-corrected chi connectivity index (χ1v) is 7.90. The first kappa shape index (κ1) is 14.6. The van der Waals surface area contributed by atoms with Crippen LogP contribution in [0.1, 0.15) is 69.4 Å². The molecule has 0 aliphatic heterocycles. The Balaban J connectivity index is 1.91. The highest BCUT2D eigenvalue weighted by atomic mass is 14.6. The Morgan fingerprint density at radius 3 is 2.26 bits per heavy atom. The first-order valence-electron chi connectivity index (χ1n) is 7.90. The van der Waals surface area contributed by atoms with E-state index in [0.717, 1.165) is 18.9 Å². The van der Waals surface area contributed by atoms with Crippen LogP contribution in [0, 0.1) is 5.41 Å². The van der Waals surface area contributed by atoms with Crippen molar-refractivity contribution in [3.63, 3.8) is 0 Å². The fourth-order valence-corrected chi connectivity index (χ4v) is 2.98. The topological polar surface area (TPSA) is 26.0 Å². The summed E-state index contributed by atoms with van der Waals surface area (Å²) in [5.41, 5.74) is 9.07. The molecule has 0 spiro atoms. The zero-order valence-corrected chi connectivity index (χ0v) is 12.6. The highest BCUT2D eigenvalue weighted by molar-refractivity contribution is 5.26. The van der Waals surface area contributed by atoms with E-state index in [1.165, 1.54) is 44.1 Å². The number of rotatable bonds is 5. The summed E-state index contributed by atoms with van der Waals surface area (Å²) < 4.78 is 0. The van der Waals surface area contributed by atoms with Gasteiger partial charge in [-0.3, -0.25) is 0 Å². The molecule has 0 atom stereocenters. The Morgan fingerprint density at radius 2 is 1.68 bits per heavy atom. The fraction of sp³-hybridized carbons (Fsp3) is 0.667. The number of nitrogens with two attached hydrogens (primary N) is 1. The van der Waals surface area contributed by atoms with E-state index in [9.17, 15) is 0 Å². The standard InChI is InChI=1S/C18H29N/c1-18(2,14-19)13-12-15-8-10-17(11-9-15)16-6-4-3-5-7-16/h8-11,16H,3-7,12-14,19H2,1-2H3. The monoisotopic (exact) mass is 259 g/mol. The van der Waals surface area contributed by atoms with E-state index in [0.29, 0.717) is 0 Å². The van der Waals surface area contributed by atoms with Gasteiger partial charge in [0.15, 0.2) is 0 Å². The summed E-state index contributed by atoms with van der Waals surface area (Å²) in [6.07, 6.45) is 9.36. The fourth-order valence-electron chi connectivity index (χ4n) is 2.98. The summed E-state index contributed by atoms with van der Waals surface area (Å²) in [4.78, 5) is 0. The summed E-state index contributed by atoms with van der Waals surface area (Å²) in [6.45, 7) is 5.28. The molecule has 0 heterocycles. The average molecular weight is 259 g/mol. The van der Waals surface area contributed by atoms with Gasteiger partial charge in [0.05, 0.1) is 0 Å². The van der Waals surface area contributed by atoms with Crippen molar-refractivity contribution in [1.82, 2.24) is 0 Å². The van der Waals surface area contributed by atoms with Crippen molar-refractivity contribution in [2.24, 2.45) is 11.1 Å². The van der Waals surface area contributed by atoms with Gasteiger partial charge in [-0.05, 0) is 54.7 Å². The normalized spacial score (nSPS) is 17.6. The van der Waals surface area contributed by atoms with Crippen LogP contribution in [-0.4, -0.2) is 6.54 Å². The molecule has 1 saturated carbocycles. The number of hydrogen-bond acceptors (Lipinski definition) is 1. The zero-order chi connectivity index (χ0) is 13.7. The van der Waals surface area contributed by atoms with Crippen molar-refractivity contribution in [2.45, 2.75) is 64.7 Å². The molecule has 0 saturated heterocycles. The van der Waals surface area contributed by atoms with E-state index in [4.69, 9.17) is 5.73 Å². The van der Waals surface area contributed by atoms with E-state index < -0.39 is 0 Å². The molecule has 19 heavy (non-hydrogen) atoms. The predicted octanol–water partition coefficient (Wildman–Crippen LogP) is 4.65. The molecule has 0 bridgehead atoms. The lowest BCUT2D eigenvalue weighted by Crippen LogP contribution is -2.24. The van der Waals surface area contributed by atoms with Gasteiger partial charge in [0.2, 0.25) is 0 Å². The second-order valence-corrected chi connectivity index (χ2v) is 6.94. The maximum Gasteiger partial charge on any atom is -0.00257 e. The molecule has 106 valence electrons. The van der Waals surface area contributed by atoms with Crippen LogP contribution in [-0.2, 0) is 6.42 Å². The SMILES string of the molecule is CC(C)(CN)CCc1ccc(C2CCCCC2)cc1. The van der Waals surface area contributed by atoms with Gasteiger partial charge in [0.1, 0.15) is 0 Å². The molecule has 0 aromatic heterocycles. The Hall–Kier alpha value is -0.820. The minimum atomic E-state index is 0.266. The zero-order valence-electron chi connectivity index (χ0n) is 12.6. The number of hydrogen-bond donors (Lipinski definition) is 1. The van der Waals surface area contributed by atoms with E-state index >= 15 is 0 Å². The summed E-state index contributed by atoms with van der Waals surface area (Å²) >= 11 is 0. The molecular formula is C18H29N. The molecule has 1 fully saturated rings. The van der Waals surface area contributed by atoms with Gasteiger partial charge < -0.3 is 5.73 Å². The molecule has 1 nitrogen and oxygen atoms in total. The Labute approximate surface area is 118 Å². The molecule has 0 radical (unpaired) electrons. The van der Waals surface area contributed by atoms with Crippen LogP contribution in [0.2, 0.25) is 0 Å². The smallest absolute Gasteiger partial charge is 0.00257 e. The molecule has 1 aromatic rings. The highest BCUT2D eigenvalue weighted by Gasteiger charge is 2.16.